The molecule has 0 aliphatic carbocycles. The molecule has 0 aromatic rings. The Bertz CT molecular complexity index is 230. The average molecular weight is 229 g/mol. The molecule has 1 fully saturated rings. The fraction of sp³-hybridized carbons (Fsp3) is 0.917. The quantitative estimate of drug-likeness (QED) is 0.751. The van der Waals surface area contributed by atoms with E-state index in [0.717, 1.165) is 19.4 Å². The maximum Gasteiger partial charge on any atom is 0.304 e. The zero-order valence-electron chi connectivity index (χ0n) is 10.5. The molecule has 1 N–H and O–H groups in total. The standard InChI is InChI=1S/C12H23NO3/c1-9(2)11(8-16-3)13-6-4-5-10(13)7-12(14)15/h9-11H,4-8H2,1-3H3,(H,14,15). The molecule has 1 heterocycles. The monoisotopic (exact) mass is 229 g/mol. The third kappa shape index (κ3) is 3.46. The van der Waals surface area contributed by atoms with Gasteiger partial charge in [0.2, 0.25) is 0 Å². The van der Waals surface area contributed by atoms with Crippen LogP contribution in [0.5, 0.6) is 0 Å². The lowest BCUT2D eigenvalue weighted by molar-refractivity contribution is -0.138. The van der Waals surface area contributed by atoms with Gasteiger partial charge in [0.15, 0.2) is 0 Å². The van der Waals surface area contributed by atoms with E-state index in [1.807, 2.05) is 0 Å². The summed E-state index contributed by atoms with van der Waals surface area (Å²) >= 11 is 0. The zero-order chi connectivity index (χ0) is 12.1. The van der Waals surface area contributed by atoms with Gasteiger partial charge in [0.25, 0.3) is 0 Å². The number of hydrogen-bond donors (Lipinski definition) is 1. The number of rotatable bonds is 6. The van der Waals surface area contributed by atoms with Crippen molar-refractivity contribution in [3.63, 3.8) is 0 Å². The van der Waals surface area contributed by atoms with Crippen LogP contribution in [0.2, 0.25) is 0 Å². The molecular weight excluding hydrogens is 206 g/mol. The van der Waals surface area contributed by atoms with E-state index in [0.29, 0.717) is 18.6 Å². The fourth-order valence-electron chi connectivity index (χ4n) is 2.56. The summed E-state index contributed by atoms with van der Waals surface area (Å²) in [6.07, 6.45) is 2.36. The third-order valence-electron chi connectivity index (χ3n) is 3.37. The van der Waals surface area contributed by atoms with Gasteiger partial charge < -0.3 is 9.84 Å². The van der Waals surface area contributed by atoms with E-state index in [9.17, 15) is 4.79 Å². The maximum absolute atomic E-state index is 10.8. The highest BCUT2D eigenvalue weighted by Gasteiger charge is 2.33. The molecule has 0 bridgehead atoms. The maximum atomic E-state index is 10.8. The Balaban J connectivity index is 2.63. The third-order valence-corrected chi connectivity index (χ3v) is 3.37. The van der Waals surface area contributed by atoms with Gasteiger partial charge in [-0.05, 0) is 25.3 Å². The molecule has 0 amide bonds. The van der Waals surface area contributed by atoms with E-state index >= 15 is 0 Å². The van der Waals surface area contributed by atoms with E-state index in [2.05, 4.69) is 18.7 Å². The smallest absolute Gasteiger partial charge is 0.304 e. The van der Waals surface area contributed by atoms with Crippen LogP contribution in [-0.2, 0) is 9.53 Å². The zero-order valence-corrected chi connectivity index (χ0v) is 10.5. The second-order valence-corrected chi connectivity index (χ2v) is 4.90. The number of carbonyl (C=O) groups is 1. The van der Waals surface area contributed by atoms with Crippen molar-refractivity contribution in [3.05, 3.63) is 0 Å². The van der Waals surface area contributed by atoms with Gasteiger partial charge in [-0.15, -0.1) is 0 Å². The topological polar surface area (TPSA) is 49.8 Å². The molecule has 2 unspecified atom stereocenters. The number of methoxy groups -OCH3 is 1. The molecule has 0 aromatic heterocycles. The Labute approximate surface area is 97.6 Å². The molecular formula is C12H23NO3. The predicted molar refractivity (Wildman–Crippen MR) is 62.5 cm³/mol. The Kier molecular flexibility index (Phi) is 5.22. The number of nitrogens with zero attached hydrogens (tertiary/aromatic N) is 1. The van der Waals surface area contributed by atoms with Crippen molar-refractivity contribution in [2.45, 2.75) is 45.2 Å². The first-order valence-electron chi connectivity index (χ1n) is 6.02. The van der Waals surface area contributed by atoms with E-state index < -0.39 is 5.97 Å². The Morgan fingerprint density at radius 3 is 2.75 bits per heavy atom. The van der Waals surface area contributed by atoms with Crippen LogP contribution in [0.15, 0.2) is 0 Å². The first kappa shape index (κ1) is 13.5. The Morgan fingerprint density at radius 1 is 1.56 bits per heavy atom. The minimum absolute atomic E-state index is 0.194. The summed E-state index contributed by atoms with van der Waals surface area (Å²) in [6, 6.07) is 0.539. The molecule has 1 aliphatic heterocycles. The number of likely N-dealkylation sites (tertiary alicyclic amines) is 1. The summed E-state index contributed by atoms with van der Waals surface area (Å²) in [5.74, 6) is -0.203. The van der Waals surface area contributed by atoms with Gasteiger partial charge >= 0.3 is 5.97 Å². The Hall–Kier alpha value is -0.610. The lowest BCUT2D eigenvalue weighted by Crippen LogP contribution is -2.45. The second kappa shape index (κ2) is 6.21. The first-order valence-corrected chi connectivity index (χ1v) is 6.02. The summed E-state index contributed by atoms with van der Waals surface area (Å²) in [7, 11) is 1.71. The summed E-state index contributed by atoms with van der Waals surface area (Å²) in [4.78, 5) is 13.1. The number of carboxylic acids is 1. The van der Waals surface area contributed by atoms with Gasteiger partial charge in [-0.1, -0.05) is 13.8 Å². The second-order valence-electron chi connectivity index (χ2n) is 4.90. The van der Waals surface area contributed by atoms with Crippen molar-refractivity contribution in [3.8, 4) is 0 Å². The van der Waals surface area contributed by atoms with Crippen molar-refractivity contribution < 1.29 is 14.6 Å². The molecule has 1 saturated heterocycles. The van der Waals surface area contributed by atoms with Crippen LogP contribution in [0, 0.1) is 5.92 Å². The van der Waals surface area contributed by atoms with Gasteiger partial charge in [-0.3, -0.25) is 9.69 Å². The lowest BCUT2D eigenvalue weighted by Gasteiger charge is -2.34. The molecule has 0 saturated carbocycles. The van der Waals surface area contributed by atoms with E-state index in [1.165, 1.54) is 0 Å². The van der Waals surface area contributed by atoms with Gasteiger partial charge in [0, 0.05) is 19.2 Å². The molecule has 16 heavy (non-hydrogen) atoms. The molecule has 0 spiro atoms. The average Bonchev–Trinajstić information content (AvgIpc) is 2.60. The highest BCUT2D eigenvalue weighted by molar-refractivity contribution is 5.67. The van der Waals surface area contributed by atoms with Crippen LogP contribution in [0.4, 0.5) is 0 Å². The van der Waals surface area contributed by atoms with Crippen LogP contribution in [0.1, 0.15) is 33.1 Å². The highest BCUT2D eigenvalue weighted by Crippen LogP contribution is 2.26. The van der Waals surface area contributed by atoms with Gasteiger partial charge in [0.1, 0.15) is 0 Å². The normalized spacial score (nSPS) is 23.9. The first-order chi connectivity index (χ1) is 7.56. The molecule has 0 aromatic carbocycles. The summed E-state index contributed by atoms with van der Waals surface area (Å²) < 4.78 is 5.24. The van der Waals surface area contributed by atoms with Crippen molar-refractivity contribution in [2.75, 3.05) is 20.3 Å². The predicted octanol–water partition coefficient (Wildman–Crippen LogP) is 1.60. The SMILES string of the molecule is COCC(C(C)C)N1CCCC1CC(=O)O. The van der Waals surface area contributed by atoms with E-state index in [4.69, 9.17) is 9.84 Å². The summed E-state index contributed by atoms with van der Waals surface area (Å²) in [5.41, 5.74) is 0. The number of hydrogen-bond acceptors (Lipinski definition) is 3. The minimum Gasteiger partial charge on any atom is -0.481 e. The van der Waals surface area contributed by atoms with Crippen molar-refractivity contribution in [1.29, 1.82) is 0 Å². The number of carboxylic acid groups (broad SMARTS) is 1. The molecule has 2 atom stereocenters. The van der Waals surface area contributed by atoms with Crippen molar-refractivity contribution in [1.82, 2.24) is 4.90 Å². The van der Waals surface area contributed by atoms with Crippen molar-refractivity contribution >= 4 is 5.97 Å². The molecule has 4 nitrogen and oxygen atoms in total. The highest BCUT2D eigenvalue weighted by atomic mass is 16.5. The van der Waals surface area contributed by atoms with Crippen LogP contribution >= 0.6 is 0 Å². The fourth-order valence-corrected chi connectivity index (χ4v) is 2.56. The van der Waals surface area contributed by atoms with Gasteiger partial charge in [-0.2, -0.15) is 0 Å². The van der Waals surface area contributed by atoms with Crippen LogP contribution in [0.25, 0.3) is 0 Å². The van der Waals surface area contributed by atoms with Gasteiger partial charge in [0.05, 0.1) is 13.0 Å². The van der Waals surface area contributed by atoms with E-state index in [1.54, 1.807) is 7.11 Å². The molecule has 0 radical (unpaired) electrons. The molecule has 4 heteroatoms. The number of ether oxygens (including phenoxy) is 1. The summed E-state index contributed by atoms with van der Waals surface area (Å²) in [6.45, 7) is 6.03. The molecule has 1 rings (SSSR count). The van der Waals surface area contributed by atoms with Crippen LogP contribution in [-0.4, -0.2) is 48.3 Å². The lowest BCUT2D eigenvalue weighted by atomic mass is 10.0. The van der Waals surface area contributed by atoms with E-state index in [-0.39, 0.29) is 12.5 Å². The van der Waals surface area contributed by atoms with Crippen LogP contribution < -0.4 is 0 Å². The summed E-state index contributed by atoms with van der Waals surface area (Å²) in [5, 5.41) is 8.88. The minimum atomic E-state index is -0.697. The van der Waals surface area contributed by atoms with Crippen molar-refractivity contribution in [2.24, 2.45) is 5.92 Å². The number of aliphatic carboxylic acids is 1. The molecule has 1 aliphatic rings. The van der Waals surface area contributed by atoms with Gasteiger partial charge in [-0.25, -0.2) is 0 Å². The largest absolute Gasteiger partial charge is 0.481 e. The Morgan fingerprint density at radius 2 is 2.25 bits per heavy atom. The van der Waals surface area contributed by atoms with Crippen LogP contribution in [0.3, 0.4) is 0 Å². The molecule has 94 valence electrons.